The second kappa shape index (κ2) is 13.1. The van der Waals surface area contributed by atoms with Gasteiger partial charge in [0.15, 0.2) is 5.96 Å². The number of aliphatic imine (C=N–C) groups is 1. The maximum atomic E-state index is 12.9. The van der Waals surface area contributed by atoms with Gasteiger partial charge >= 0.3 is 6.18 Å². The molecule has 0 atom stereocenters. The van der Waals surface area contributed by atoms with Crippen molar-refractivity contribution in [3.8, 4) is 0 Å². The number of benzene rings is 2. The fraction of sp³-hybridized carbons (Fsp3) is 0.458. The fourth-order valence-electron chi connectivity index (χ4n) is 3.73. The molecule has 2 aromatic carbocycles. The van der Waals surface area contributed by atoms with E-state index in [1.54, 1.807) is 13.1 Å². The molecule has 0 amide bonds. The maximum Gasteiger partial charge on any atom is 0.416 e. The quantitative estimate of drug-likeness (QED) is 0.306. The zero-order valence-corrected chi connectivity index (χ0v) is 21.5. The van der Waals surface area contributed by atoms with Crippen LogP contribution in [-0.4, -0.2) is 56.0 Å². The first-order chi connectivity index (χ1) is 15.3. The zero-order chi connectivity index (χ0) is 23.0. The number of nitrogens with one attached hydrogen (secondary N) is 2. The molecule has 9 heteroatoms. The molecule has 1 aliphatic heterocycles. The lowest BCUT2D eigenvalue weighted by atomic mass is 10.1. The van der Waals surface area contributed by atoms with E-state index in [4.69, 9.17) is 0 Å². The van der Waals surface area contributed by atoms with Gasteiger partial charge in [0, 0.05) is 39.8 Å². The maximum absolute atomic E-state index is 12.9. The highest BCUT2D eigenvalue weighted by atomic mass is 127. The number of nitrogens with zero attached hydrogens (tertiary/aromatic N) is 3. The van der Waals surface area contributed by atoms with Crippen LogP contribution in [0.2, 0.25) is 0 Å². The van der Waals surface area contributed by atoms with E-state index in [1.807, 2.05) is 0 Å². The van der Waals surface area contributed by atoms with Crippen LogP contribution in [0.4, 0.5) is 13.2 Å². The third-order valence-electron chi connectivity index (χ3n) is 5.64. The topological polar surface area (TPSA) is 42.9 Å². The highest BCUT2D eigenvalue weighted by Gasteiger charge is 2.30. The van der Waals surface area contributed by atoms with E-state index < -0.39 is 11.7 Å². The number of guanidine groups is 1. The van der Waals surface area contributed by atoms with Crippen LogP contribution < -0.4 is 10.6 Å². The molecule has 1 aliphatic rings. The van der Waals surface area contributed by atoms with Crippen molar-refractivity contribution in [1.82, 2.24) is 20.4 Å². The minimum atomic E-state index is -4.34. The monoisotopic (exact) mass is 575 g/mol. The molecule has 1 saturated heterocycles. The zero-order valence-electron chi connectivity index (χ0n) is 19.2. The van der Waals surface area contributed by atoms with Gasteiger partial charge < -0.3 is 15.5 Å². The van der Waals surface area contributed by atoms with Crippen LogP contribution in [0, 0.1) is 0 Å². The number of halogens is 4. The minimum absolute atomic E-state index is 0. The molecule has 33 heavy (non-hydrogen) atoms. The van der Waals surface area contributed by atoms with Crippen LogP contribution >= 0.6 is 24.0 Å². The SMILES string of the molecule is CN=C(NCc1ccc(CN2CCCN(C)CC2)cc1)NCc1cccc(C(F)(F)F)c1.I. The number of likely N-dealkylation sites (N-methyl/N-ethyl adjacent to an activating group) is 1. The molecule has 1 fully saturated rings. The van der Waals surface area contributed by atoms with Gasteiger partial charge in [0.05, 0.1) is 5.56 Å². The first-order valence-corrected chi connectivity index (χ1v) is 10.9. The Bertz CT molecular complexity index is 886. The summed E-state index contributed by atoms with van der Waals surface area (Å²) < 4.78 is 38.6. The van der Waals surface area contributed by atoms with Gasteiger partial charge in [-0.1, -0.05) is 36.4 Å². The van der Waals surface area contributed by atoms with E-state index in [9.17, 15) is 13.2 Å². The van der Waals surface area contributed by atoms with Crippen LogP contribution in [0.5, 0.6) is 0 Å². The molecular formula is C24H33F3IN5. The van der Waals surface area contributed by atoms with E-state index in [2.05, 4.69) is 56.7 Å². The van der Waals surface area contributed by atoms with Gasteiger partial charge in [-0.15, -0.1) is 24.0 Å². The second-order valence-corrected chi connectivity index (χ2v) is 8.23. The Labute approximate surface area is 211 Å². The van der Waals surface area contributed by atoms with Crippen LogP contribution in [0.3, 0.4) is 0 Å². The molecule has 0 radical (unpaired) electrons. The number of hydrogen-bond donors (Lipinski definition) is 2. The van der Waals surface area contributed by atoms with Gasteiger partial charge in [0.1, 0.15) is 0 Å². The average Bonchev–Trinajstić information content (AvgIpc) is 2.98. The molecule has 3 rings (SSSR count). The highest BCUT2D eigenvalue weighted by Crippen LogP contribution is 2.29. The summed E-state index contributed by atoms with van der Waals surface area (Å²) in [5.41, 5.74) is 2.32. The van der Waals surface area contributed by atoms with Crippen molar-refractivity contribution >= 4 is 29.9 Å². The van der Waals surface area contributed by atoms with E-state index in [0.29, 0.717) is 18.1 Å². The summed E-state index contributed by atoms with van der Waals surface area (Å²) >= 11 is 0. The summed E-state index contributed by atoms with van der Waals surface area (Å²) in [6.45, 7) is 6.28. The van der Waals surface area contributed by atoms with E-state index in [-0.39, 0.29) is 30.5 Å². The fourth-order valence-corrected chi connectivity index (χ4v) is 3.73. The number of hydrogen-bond acceptors (Lipinski definition) is 3. The summed E-state index contributed by atoms with van der Waals surface area (Å²) in [7, 11) is 3.82. The van der Waals surface area contributed by atoms with Crippen LogP contribution in [0.15, 0.2) is 53.5 Å². The highest BCUT2D eigenvalue weighted by molar-refractivity contribution is 14.0. The smallest absolute Gasteiger partial charge is 0.352 e. The Balaban J connectivity index is 0.00000385. The summed E-state index contributed by atoms with van der Waals surface area (Å²) in [6.07, 6.45) is -3.14. The summed E-state index contributed by atoms with van der Waals surface area (Å²) in [6, 6.07) is 13.8. The van der Waals surface area contributed by atoms with Crippen molar-refractivity contribution in [1.29, 1.82) is 0 Å². The lowest BCUT2D eigenvalue weighted by Gasteiger charge is -2.20. The number of rotatable bonds is 6. The van der Waals surface area contributed by atoms with Crippen molar-refractivity contribution in [3.05, 3.63) is 70.8 Å². The molecule has 182 valence electrons. The summed E-state index contributed by atoms with van der Waals surface area (Å²) in [4.78, 5) is 9.03. The van der Waals surface area contributed by atoms with Gasteiger partial charge in [-0.25, -0.2) is 0 Å². The lowest BCUT2D eigenvalue weighted by Crippen LogP contribution is -2.36. The molecule has 0 bridgehead atoms. The standard InChI is InChI=1S/C24H32F3N5.HI/c1-28-23(30-17-21-5-3-6-22(15-21)24(25,26)27)29-16-19-7-9-20(10-8-19)18-32-12-4-11-31(2)13-14-32;/h3,5-10,15H,4,11-14,16-18H2,1-2H3,(H2,28,29,30);1H. The van der Waals surface area contributed by atoms with Crippen LogP contribution in [0.1, 0.15) is 28.7 Å². The second-order valence-electron chi connectivity index (χ2n) is 8.23. The van der Waals surface area contributed by atoms with Crippen LogP contribution in [-0.2, 0) is 25.8 Å². The van der Waals surface area contributed by atoms with Gasteiger partial charge in [-0.3, -0.25) is 9.89 Å². The number of alkyl halides is 3. The third kappa shape index (κ3) is 9.13. The molecule has 2 N–H and O–H groups in total. The molecule has 0 spiro atoms. The predicted octanol–water partition coefficient (Wildman–Crippen LogP) is 4.33. The van der Waals surface area contributed by atoms with Gasteiger partial charge in [0.2, 0.25) is 0 Å². The van der Waals surface area contributed by atoms with Crippen molar-refractivity contribution in [2.45, 2.75) is 32.2 Å². The Kier molecular flexibility index (Phi) is 10.9. The Morgan fingerprint density at radius 2 is 1.58 bits per heavy atom. The first kappa shape index (κ1) is 27.4. The molecule has 0 aliphatic carbocycles. The predicted molar refractivity (Wildman–Crippen MR) is 138 cm³/mol. The third-order valence-corrected chi connectivity index (χ3v) is 5.64. The molecule has 0 aromatic heterocycles. The van der Waals surface area contributed by atoms with Gasteiger partial charge in [0.25, 0.3) is 0 Å². The van der Waals surface area contributed by atoms with Crippen LogP contribution in [0.25, 0.3) is 0 Å². The average molecular weight is 575 g/mol. The Morgan fingerprint density at radius 3 is 2.24 bits per heavy atom. The van der Waals surface area contributed by atoms with Crippen molar-refractivity contribution in [3.63, 3.8) is 0 Å². The Morgan fingerprint density at radius 1 is 0.909 bits per heavy atom. The molecule has 2 aromatic rings. The molecular weight excluding hydrogens is 542 g/mol. The molecule has 0 saturated carbocycles. The summed E-state index contributed by atoms with van der Waals surface area (Å²) in [5.74, 6) is 0.542. The largest absolute Gasteiger partial charge is 0.416 e. The molecule has 0 unspecified atom stereocenters. The first-order valence-electron chi connectivity index (χ1n) is 10.9. The van der Waals surface area contributed by atoms with Gasteiger partial charge in [-0.2, -0.15) is 13.2 Å². The summed E-state index contributed by atoms with van der Waals surface area (Å²) in [5, 5.41) is 6.29. The van der Waals surface area contributed by atoms with E-state index >= 15 is 0 Å². The molecule has 5 nitrogen and oxygen atoms in total. The lowest BCUT2D eigenvalue weighted by molar-refractivity contribution is -0.137. The van der Waals surface area contributed by atoms with Gasteiger partial charge in [-0.05, 0) is 55.4 Å². The van der Waals surface area contributed by atoms with Crippen molar-refractivity contribution in [2.24, 2.45) is 4.99 Å². The van der Waals surface area contributed by atoms with E-state index in [1.165, 1.54) is 18.1 Å². The normalized spacial score (nSPS) is 16.1. The molecule has 1 heterocycles. The van der Waals surface area contributed by atoms with Crippen molar-refractivity contribution < 1.29 is 13.2 Å². The minimum Gasteiger partial charge on any atom is -0.352 e. The van der Waals surface area contributed by atoms with E-state index in [0.717, 1.165) is 50.4 Å². The van der Waals surface area contributed by atoms with Crippen molar-refractivity contribution in [2.75, 3.05) is 40.3 Å². The Hall–Kier alpha value is -1.85.